The molecule has 0 bridgehead atoms. The first-order valence-electron chi connectivity index (χ1n) is 11.0. The zero-order valence-electron chi connectivity index (χ0n) is 18.4. The van der Waals surface area contributed by atoms with Gasteiger partial charge in [0.25, 0.3) is 17.1 Å². The number of aromatic amines is 1. The molecule has 0 radical (unpaired) electrons. The highest BCUT2D eigenvalue weighted by Crippen LogP contribution is 2.37. The third-order valence-electron chi connectivity index (χ3n) is 6.81. The van der Waals surface area contributed by atoms with Crippen LogP contribution in [0.25, 0.3) is 27.8 Å². The molecule has 0 amide bonds. The van der Waals surface area contributed by atoms with Crippen molar-refractivity contribution < 1.29 is 4.74 Å². The van der Waals surface area contributed by atoms with Gasteiger partial charge in [-0.2, -0.15) is 4.98 Å². The summed E-state index contributed by atoms with van der Waals surface area (Å²) < 4.78 is 8.23. The van der Waals surface area contributed by atoms with Gasteiger partial charge in [-0.1, -0.05) is 26.7 Å². The summed E-state index contributed by atoms with van der Waals surface area (Å²) in [6, 6.07) is 5.43. The summed E-state index contributed by atoms with van der Waals surface area (Å²) in [4.78, 5) is 35.5. The van der Waals surface area contributed by atoms with Crippen LogP contribution in [-0.4, -0.2) is 36.4 Å². The maximum absolute atomic E-state index is 13.4. The highest BCUT2D eigenvalue weighted by Gasteiger charge is 2.29. The molecule has 32 heavy (non-hydrogen) atoms. The van der Waals surface area contributed by atoms with E-state index >= 15 is 0 Å². The SMILES string of the molecule is COCc1nc(-n2ccc3nc4ccn([C@@H]5CCC[C@H](C)[C@H]5C)c(=O)c4cc3c2=O)n[nH]1. The molecule has 4 aromatic heterocycles. The van der Waals surface area contributed by atoms with Gasteiger partial charge in [0.1, 0.15) is 6.61 Å². The van der Waals surface area contributed by atoms with Gasteiger partial charge in [-0.15, -0.1) is 5.10 Å². The van der Waals surface area contributed by atoms with Gasteiger partial charge >= 0.3 is 0 Å². The number of rotatable bonds is 4. The standard InChI is InChI=1S/C23H26N6O3/c1-13-5-4-6-19(14(13)2)28-9-7-17-15(21(28)30)11-16-18(24-17)8-10-29(22(16)31)23-25-20(12-32-3)26-27-23/h7-11,13-14,19H,4-6,12H2,1-3H3,(H,25,26,27)/t13-,14+,19+/m0/s1. The van der Waals surface area contributed by atoms with Crippen molar-refractivity contribution in [1.29, 1.82) is 0 Å². The predicted octanol–water partition coefficient (Wildman–Crippen LogP) is 2.96. The van der Waals surface area contributed by atoms with Gasteiger partial charge in [0, 0.05) is 25.5 Å². The van der Waals surface area contributed by atoms with E-state index in [0.717, 1.165) is 12.8 Å². The van der Waals surface area contributed by atoms with Crippen molar-refractivity contribution in [3.63, 3.8) is 0 Å². The number of methoxy groups -OCH3 is 1. The number of ether oxygens (including phenoxy) is 1. The van der Waals surface area contributed by atoms with Crippen LogP contribution in [0.15, 0.2) is 40.2 Å². The first-order chi connectivity index (χ1) is 15.5. The molecular weight excluding hydrogens is 408 g/mol. The Morgan fingerprint density at radius 2 is 1.81 bits per heavy atom. The molecule has 9 heteroatoms. The summed E-state index contributed by atoms with van der Waals surface area (Å²) in [7, 11) is 1.56. The molecule has 1 fully saturated rings. The number of hydrogen-bond acceptors (Lipinski definition) is 6. The smallest absolute Gasteiger partial charge is 0.267 e. The second-order valence-corrected chi connectivity index (χ2v) is 8.72. The second-order valence-electron chi connectivity index (χ2n) is 8.72. The average Bonchev–Trinajstić information content (AvgIpc) is 3.24. The fourth-order valence-electron chi connectivity index (χ4n) is 4.80. The number of pyridine rings is 3. The Bertz CT molecular complexity index is 1420. The van der Waals surface area contributed by atoms with Crippen LogP contribution in [0.2, 0.25) is 0 Å². The second kappa shape index (κ2) is 7.98. The third kappa shape index (κ3) is 3.33. The Hall–Kier alpha value is -3.33. The summed E-state index contributed by atoms with van der Waals surface area (Å²) in [5.74, 6) is 1.73. The summed E-state index contributed by atoms with van der Waals surface area (Å²) in [5.41, 5.74) is 0.697. The van der Waals surface area contributed by atoms with E-state index in [0.29, 0.717) is 39.5 Å². The topological polar surface area (TPSA) is 108 Å². The number of nitrogens with zero attached hydrogens (tertiary/aromatic N) is 5. The van der Waals surface area contributed by atoms with Gasteiger partial charge in [0.15, 0.2) is 5.82 Å². The molecule has 0 saturated heterocycles. The van der Waals surface area contributed by atoms with Crippen LogP contribution in [-0.2, 0) is 11.3 Å². The van der Waals surface area contributed by atoms with E-state index in [1.54, 1.807) is 25.4 Å². The molecule has 166 valence electrons. The summed E-state index contributed by atoms with van der Waals surface area (Å²) in [6.45, 7) is 4.73. The molecule has 0 aliphatic heterocycles. The molecule has 0 spiro atoms. The minimum absolute atomic E-state index is 0.0991. The number of H-pyrrole nitrogens is 1. The molecule has 5 rings (SSSR count). The van der Waals surface area contributed by atoms with Gasteiger partial charge in [-0.25, -0.2) is 9.55 Å². The molecule has 0 aromatic carbocycles. The minimum Gasteiger partial charge on any atom is -0.377 e. The van der Waals surface area contributed by atoms with Crippen LogP contribution in [0.4, 0.5) is 0 Å². The zero-order valence-corrected chi connectivity index (χ0v) is 18.4. The Morgan fingerprint density at radius 1 is 1.06 bits per heavy atom. The first kappa shape index (κ1) is 20.6. The first-order valence-corrected chi connectivity index (χ1v) is 11.0. The molecule has 4 aromatic rings. The van der Waals surface area contributed by atoms with Crippen molar-refractivity contribution in [1.82, 2.24) is 29.3 Å². The Balaban J connectivity index is 1.65. The monoisotopic (exact) mass is 434 g/mol. The Morgan fingerprint density at radius 3 is 2.59 bits per heavy atom. The van der Waals surface area contributed by atoms with Crippen LogP contribution in [0.3, 0.4) is 0 Å². The molecular formula is C23H26N6O3. The maximum Gasteiger partial charge on any atom is 0.267 e. The highest BCUT2D eigenvalue weighted by molar-refractivity contribution is 5.91. The number of aromatic nitrogens is 6. The van der Waals surface area contributed by atoms with Crippen molar-refractivity contribution in [2.45, 2.75) is 45.8 Å². The molecule has 0 unspecified atom stereocenters. The fraction of sp³-hybridized carbons (Fsp3) is 0.435. The predicted molar refractivity (Wildman–Crippen MR) is 121 cm³/mol. The van der Waals surface area contributed by atoms with Crippen LogP contribution in [0.1, 0.15) is 45.0 Å². The average molecular weight is 435 g/mol. The zero-order chi connectivity index (χ0) is 22.4. The van der Waals surface area contributed by atoms with E-state index in [-0.39, 0.29) is 29.7 Å². The minimum atomic E-state index is -0.325. The molecule has 9 nitrogen and oxygen atoms in total. The lowest BCUT2D eigenvalue weighted by Gasteiger charge is -2.35. The van der Waals surface area contributed by atoms with E-state index < -0.39 is 0 Å². The largest absolute Gasteiger partial charge is 0.377 e. The lowest BCUT2D eigenvalue weighted by Crippen LogP contribution is -2.33. The van der Waals surface area contributed by atoms with Crippen molar-refractivity contribution >= 4 is 21.8 Å². The molecule has 1 N–H and O–H groups in total. The highest BCUT2D eigenvalue weighted by atomic mass is 16.5. The van der Waals surface area contributed by atoms with Crippen LogP contribution in [0, 0.1) is 11.8 Å². The summed E-state index contributed by atoms with van der Waals surface area (Å²) in [6.07, 6.45) is 6.74. The fourth-order valence-corrected chi connectivity index (χ4v) is 4.80. The van der Waals surface area contributed by atoms with E-state index in [4.69, 9.17) is 4.74 Å². The van der Waals surface area contributed by atoms with Crippen LogP contribution in [0.5, 0.6) is 0 Å². The number of nitrogens with one attached hydrogen (secondary N) is 1. The van der Waals surface area contributed by atoms with Crippen LogP contribution >= 0.6 is 0 Å². The normalized spacial score (nSPS) is 21.4. The van der Waals surface area contributed by atoms with Crippen molar-refractivity contribution in [2.24, 2.45) is 11.8 Å². The van der Waals surface area contributed by atoms with E-state index in [1.165, 1.54) is 11.0 Å². The number of hydrogen-bond donors (Lipinski definition) is 1. The van der Waals surface area contributed by atoms with Gasteiger partial charge in [-0.3, -0.25) is 14.7 Å². The van der Waals surface area contributed by atoms with Gasteiger partial charge < -0.3 is 9.30 Å². The molecule has 3 atom stereocenters. The van der Waals surface area contributed by atoms with Gasteiger partial charge in [0.2, 0.25) is 0 Å². The molecule has 1 aliphatic rings. The summed E-state index contributed by atoms with van der Waals surface area (Å²) >= 11 is 0. The Kier molecular flexibility index (Phi) is 5.13. The van der Waals surface area contributed by atoms with E-state index in [1.807, 2.05) is 16.8 Å². The molecule has 1 aliphatic carbocycles. The molecule has 4 heterocycles. The van der Waals surface area contributed by atoms with Gasteiger partial charge in [-0.05, 0) is 36.5 Å². The van der Waals surface area contributed by atoms with Crippen molar-refractivity contribution in [3.8, 4) is 5.95 Å². The quantitative estimate of drug-likeness (QED) is 0.495. The van der Waals surface area contributed by atoms with Gasteiger partial charge in [0.05, 0.1) is 21.8 Å². The molecule has 1 saturated carbocycles. The van der Waals surface area contributed by atoms with E-state index in [9.17, 15) is 9.59 Å². The summed E-state index contributed by atoms with van der Waals surface area (Å²) in [5, 5.41) is 7.67. The van der Waals surface area contributed by atoms with Crippen molar-refractivity contribution in [3.05, 3.63) is 57.1 Å². The maximum atomic E-state index is 13.4. The third-order valence-corrected chi connectivity index (χ3v) is 6.81. The lowest BCUT2D eigenvalue weighted by molar-refractivity contribution is 0.178. The lowest BCUT2D eigenvalue weighted by atomic mass is 9.78. The van der Waals surface area contributed by atoms with Crippen molar-refractivity contribution in [2.75, 3.05) is 7.11 Å². The van der Waals surface area contributed by atoms with Crippen LogP contribution < -0.4 is 11.1 Å². The Labute approximate surface area is 184 Å². The number of fused-ring (bicyclic) bond motifs is 2. The van der Waals surface area contributed by atoms with E-state index in [2.05, 4.69) is 34.0 Å².